The molecule has 0 atom stereocenters. The average Bonchev–Trinajstić information content (AvgIpc) is 2.99. The molecule has 1 aliphatic carbocycles. The monoisotopic (exact) mass is 201 g/mol. The normalized spacial score (nSPS) is 16.1. The molecule has 84 valence electrons. The lowest BCUT2D eigenvalue weighted by Gasteiger charge is -2.04. The Morgan fingerprint density at radius 2 is 1.93 bits per heavy atom. The minimum Gasteiger partial charge on any atom is -0.382 e. The van der Waals surface area contributed by atoms with Crippen LogP contribution in [0, 0.1) is 0 Å². The molecule has 0 radical (unpaired) electrons. The van der Waals surface area contributed by atoms with Gasteiger partial charge in [0.15, 0.2) is 0 Å². The van der Waals surface area contributed by atoms with Gasteiger partial charge in [-0.15, -0.1) is 0 Å². The summed E-state index contributed by atoms with van der Waals surface area (Å²) in [7, 11) is 1.70. The molecule has 0 saturated heterocycles. The first kappa shape index (κ1) is 12.0. The molecule has 0 spiro atoms. The Hall–Kier alpha value is -0.120. The van der Waals surface area contributed by atoms with Crippen LogP contribution in [0.1, 0.15) is 32.1 Å². The third-order valence-electron chi connectivity index (χ3n) is 2.41. The maximum atomic E-state index is 5.37. The molecule has 0 amide bonds. The molecule has 0 aliphatic heterocycles. The zero-order valence-electron chi connectivity index (χ0n) is 9.26. The summed E-state index contributed by atoms with van der Waals surface area (Å²) in [4.78, 5) is 0. The van der Waals surface area contributed by atoms with E-state index >= 15 is 0 Å². The van der Waals surface area contributed by atoms with Gasteiger partial charge in [-0.25, -0.2) is 0 Å². The van der Waals surface area contributed by atoms with E-state index in [1.165, 1.54) is 38.6 Å². The molecular weight excluding hydrogens is 178 g/mol. The molecule has 0 aromatic heterocycles. The average molecular weight is 201 g/mol. The van der Waals surface area contributed by atoms with Gasteiger partial charge in [0.1, 0.15) is 0 Å². The van der Waals surface area contributed by atoms with Crippen molar-refractivity contribution in [2.75, 3.05) is 33.5 Å². The van der Waals surface area contributed by atoms with E-state index in [0.29, 0.717) is 6.61 Å². The SMILES string of the molecule is COCCOCCCCCNC1CC1. The van der Waals surface area contributed by atoms with Gasteiger partial charge in [0, 0.05) is 19.8 Å². The highest BCUT2D eigenvalue weighted by Gasteiger charge is 2.19. The summed E-state index contributed by atoms with van der Waals surface area (Å²) >= 11 is 0. The van der Waals surface area contributed by atoms with Crippen LogP contribution in [0.15, 0.2) is 0 Å². The second kappa shape index (κ2) is 8.21. The largest absolute Gasteiger partial charge is 0.382 e. The molecule has 1 fully saturated rings. The number of nitrogens with one attached hydrogen (secondary N) is 1. The van der Waals surface area contributed by atoms with E-state index in [4.69, 9.17) is 9.47 Å². The molecule has 1 saturated carbocycles. The van der Waals surface area contributed by atoms with Crippen LogP contribution in [0.3, 0.4) is 0 Å². The predicted molar refractivity (Wildman–Crippen MR) is 57.6 cm³/mol. The van der Waals surface area contributed by atoms with Crippen molar-refractivity contribution in [1.29, 1.82) is 0 Å². The van der Waals surface area contributed by atoms with Crippen LogP contribution < -0.4 is 5.32 Å². The van der Waals surface area contributed by atoms with Crippen LogP contribution in [0.5, 0.6) is 0 Å². The van der Waals surface area contributed by atoms with E-state index in [-0.39, 0.29) is 0 Å². The molecule has 1 N–H and O–H groups in total. The predicted octanol–water partition coefficient (Wildman–Crippen LogP) is 1.57. The standard InChI is InChI=1S/C11H23NO2/c1-13-9-10-14-8-4-2-3-7-12-11-5-6-11/h11-12H,2-10H2,1H3. The van der Waals surface area contributed by atoms with Gasteiger partial charge in [-0.05, 0) is 38.6 Å². The zero-order valence-corrected chi connectivity index (χ0v) is 9.26. The maximum absolute atomic E-state index is 5.37. The van der Waals surface area contributed by atoms with Crippen molar-refractivity contribution in [2.24, 2.45) is 0 Å². The van der Waals surface area contributed by atoms with Crippen LogP contribution in [0.25, 0.3) is 0 Å². The van der Waals surface area contributed by atoms with Crippen molar-refractivity contribution < 1.29 is 9.47 Å². The Morgan fingerprint density at radius 1 is 1.07 bits per heavy atom. The van der Waals surface area contributed by atoms with Crippen LogP contribution >= 0.6 is 0 Å². The Labute approximate surface area is 87.2 Å². The van der Waals surface area contributed by atoms with E-state index in [9.17, 15) is 0 Å². The van der Waals surface area contributed by atoms with Gasteiger partial charge in [-0.2, -0.15) is 0 Å². The molecule has 0 bridgehead atoms. The number of unbranched alkanes of at least 4 members (excludes halogenated alkanes) is 2. The van der Waals surface area contributed by atoms with Crippen molar-refractivity contribution in [3.63, 3.8) is 0 Å². The molecule has 3 heteroatoms. The van der Waals surface area contributed by atoms with Crippen molar-refractivity contribution in [2.45, 2.75) is 38.1 Å². The van der Waals surface area contributed by atoms with E-state index < -0.39 is 0 Å². The first-order chi connectivity index (χ1) is 6.93. The minimum absolute atomic E-state index is 0.712. The van der Waals surface area contributed by atoms with E-state index in [2.05, 4.69) is 5.32 Å². The fraction of sp³-hybridized carbons (Fsp3) is 1.00. The summed E-state index contributed by atoms with van der Waals surface area (Å²) in [6, 6.07) is 0.855. The van der Waals surface area contributed by atoms with Crippen molar-refractivity contribution in [3.8, 4) is 0 Å². The molecule has 0 aromatic rings. The lowest BCUT2D eigenvalue weighted by atomic mass is 10.2. The topological polar surface area (TPSA) is 30.5 Å². The zero-order chi connectivity index (χ0) is 10.1. The van der Waals surface area contributed by atoms with E-state index in [1.54, 1.807) is 7.11 Å². The molecule has 0 heterocycles. The van der Waals surface area contributed by atoms with Crippen LogP contribution in [0.2, 0.25) is 0 Å². The molecule has 0 aromatic carbocycles. The maximum Gasteiger partial charge on any atom is 0.0700 e. The van der Waals surface area contributed by atoms with Gasteiger partial charge in [-0.1, -0.05) is 0 Å². The quantitative estimate of drug-likeness (QED) is 0.544. The van der Waals surface area contributed by atoms with Crippen molar-refractivity contribution >= 4 is 0 Å². The fourth-order valence-electron chi connectivity index (χ4n) is 1.34. The Bertz CT molecular complexity index is 126. The third-order valence-corrected chi connectivity index (χ3v) is 2.41. The molecule has 0 unspecified atom stereocenters. The Balaban J connectivity index is 1.63. The summed E-state index contributed by atoms with van der Waals surface area (Å²) in [6.45, 7) is 3.51. The van der Waals surface area contributed by atoms with Gasteiger partial charge in [0.05, 0.1) is 13.2 Å². The summed E-state index contributed by atoms with van der Waals surface area (Å²) < 4.78 is 10.3. The van der Waals surface area contributed by atoms with Crippen molar-refractivity contribution in [1.82, 2.24) is 5.32 Å². The second-order valence-corrected chi connectivity index (χ2v) is 3.89. The van der Waals surface area contributed by atoms with Crippen LogP contribution in [0.4, 0.5) is 0 Å². The Morgan fingerprint density at radius 3 is 2.64 bits per heavy atom. The fourth-order valence-corrected chi connectivity index (χ4v) is 1.34. The summed E-state index contributed by atoms with van der Waals surface area (Å²) in [5, 5.41) is 3.51. The van der Waals surface area contributed by atoms with Gasteiger partial charge in [0.2, 0.25) is 0 Å². The number of hydrogen-bond donors (Lipinski definition) is 1. The molecule has 3 nitrogen and oxygen atoms in total. The highest BCUT2D eigenvalue weighted by Crippen LogP contribution is 2.18. The first-order valence-electron chi connectivity index (χ1n) is 5.73. The van der Waals surface area contributed by atoms with E-state index in [0.717, 1.165) is 19.3 Å². The van der Waals surface area contributed by atoms with Gasteiger partial charge < -0.3 is 14.8 Å². The highest BCUT2D eigenvalue weighted by molar-refractivity contribution is 4.80. The number of rotatable bonds is 10. The second-order valence-electron chi connectivity index (χ2n) is 3.89. The van der Waals surface area contributed by atoms with Gasteiger partial charge >= 0.3 is 0 Å². The van der Waals surface area contributed by atoms with E-state index in [1.807, 2.05) is 0 Å². The van der Waals surface area contributed by atoms with Crippen LogP contribution in [-0.4, -0.2) is 39.5 Å². The first-order valence-corrected chi connectivity index (χ1v) is 5.73. The lowest BCUT2D eigenvalue weighted by Crippen LogP contribution is -2.17. The highest BCUT2D eigenvalue weighted by atomic mass is 16.5. The minimum atomic E-state index is 0.712. The number of hydrogen-bond acceptors (Lipinski definition) is 3. The van der Waals surface area contributed by atoms with Gasteiger partial charge in [-0.3, -0.25) is 0 Å². The summed E-state index contributed by atoms with van der Waals surface area (Å²) in [5.41, 5.74) is 0. The third kappa shape index (κ3) is 7.30. The number of ether oxygens (including phenoxy) is 2. The van der Waals surface area contributed by atoms with Crippen molar-refractivity contribution in [3.05, 3.63) is 0 Å². The molecular formula is C11H23NO2. The number of methoxy groups -OCH3 is 1. The summed E-state index contributed by atoms with van der Waals surface area (Å²) in [5.74, 6) is 0. The smallest absolute Gasteiger partial charge is 0.0700 e. The molecule has 1 aliphatic rings. The lowest BCUT2D eigenvalue weighted by molar-refractivity contribution is 0.0686. The van der Waals surface area contributed by atoms with Gasteiger partial charge in [0.25, 0.3) is 0 Å². The Kier molecular flexibility index (Phi) is 7.01. The molecule has 14 heavy (non-hydrogen) atoms. The van der Waals surface area contributed by atoms with Crippen LogP contribution in [-0.2, 0) is 9.47 Å². The molecule has 1 rings (SSSR count). The summed E-state index contributed by atoms with van der Waals surface area (Å²) in [6.07, 6.45) is 6.51.